The van der Waals surface area contributed by atoms with Crippen LogP contribution in [0.1, 0.15) is 26.3 Å². The maximum atomic E-state index is 13.6. The average molecular weight is 247 g/mol. The van der Waals surface area contributed by atoms with Crippen molar-refractivity contribution < 1.29 is 4.39 Å². The molecule has 18 heavy (non-hydrogen) atoms. The van der Waals surface area contributed by atoms with Crippen LogP contribution in [0.15, 0.2) is 29.4 Å². The van der Waals surface area contributed by atoms with Crippen molar-refractivity contribution in [2.45, 2.75) is 26.3 Å². The summed E-state index contributed by atoms with van der Waals surface area (Å²) in [6, 6.07) is 4.93. The monoisotopic (exact) mass is 247 g/mol. The number of aromatic amines is 1. The van der Waals surface area contributed by atoms with Crippen molar-refractivity contribution in [3.05, 3.63) is 35.8 Å². The maximum Gasteiger partial charge on any atom is 0.129 e. The quantitative estimate of drug-likeness (QED) is 0.590. The minimum Gasteiger partial charge on any atom is -0.365 e. The average Bonchev–Trinajstić information content (AvgIpc) is 2.71. The normalized spacial score (nSPS) is 13.1. The molecule has 0 radical (unpaired) electrons. The zero-order chi connectivity index (χ0) is 13.3. The zero-order valence-electron chi connectivity index (χ0n) is 11.1. The van der Waals surface area contributed by atoms with Crippen LogP contribution in [0, 0.1) is 5.82 Å². The van der Waals surface area contributed by atoms with Crippen molar-refractivity contribution in [1.82, 2.24) is 10.3 Å². The summed E-state index contributed by atoms with van der Waals surface area (Å²) in [5, 5.41) is 4.27. The van der Waals surface area contributed by atoms with Crippen LogP contribution < -0.4 is 5.32 Å². The molecule has 2 rings (SSSR count). The predicted octanol–water partition coefficient (Wildman–Crippen LogP) is 3.07. The summed E-state index contributed by atoms with van der Waals surface area (Å²) in [7, 11) is 1.71. The summed E-state index contributed by atoms with van der Waals surface area (Å²) in [6.07, 6.45) is 1.80. The second-order valence-electron chi connectivity index (χ2n) is 5.34. The zero-order valence-corrected chi connectivity index (χ0v) is 11.1. The van der Waals surface area contributed by atoms with E-state index in [2.05, 4.69) is 15.3 Å². The van der Waals surface area contributed by atoms with Gasteiger partial charge < -0.3 is 10.3 Å². The number of amidine groups is 1. The van der Waals surface area contributed by atoms with E-state index in [1.165, 1.54) is 12.1 Å². The highest BCUT2D eigenvalue weighted by molar-refractivity contribution is 6.09. The highest BCUT2D eigenvalue weighted by Crippen LogP contribution is 2.20. The SMILES string of the molecule is CN=C(NC(C)(C)C)c1cc(F)cc2[nH]ccc12. The van der Waals surface area contributed by atoms with Gasteiger partial charge in [-0.05, 0) is 39.0 Å². The van der Waals surface area contributed by atoms with Gasteiger partial charge in [-0.3, -0.25) is 4.99 Å². The third-order valence-electron chi connectivity index (χ3n) is 2.61. The predicted molar refractivity (Wildman–Crippen MR) is 73.6 cm³/mol. The minimum atomic E-state index is -0.267. The Morgan fingerprint density at radius 2 is 2.06 bits per heavy atom. The van der Waals surface area contributed by atoms with Gasteiger partial charge in [-0.1, -0.05) is 0 Å². The topological polar surface area (TPSA) is 40.2 Å². The molecule has 0 saturated carbocycles. The Morgan fingerprint density at radius 1 is 1.33 bits per heavy atom. The molecule has 1 aromatic heterocycles. The number of aliphatic imine (C=N–C) groups is 1. The smallest absolute Gasteiger partial charge is 0.129 e. The Hall–Kier alpha value is -1.84. The summed E-state index contributed by atoms with van der Waals surface area (Å²) >= 11 is 0. The first-order chi connectivity index (χ1) is 8.40. The number of halogens is 1. The van der Waals surface area contributed by atoms with Gasteiger partial charge in [-0.15, -0.1) is 0 Å². The van der Waals surface area contributed by atoms with Crippen LogP contribution in [0.25, 0.3) is 10.9 Å². The highest BCUT2D eigenvalue weighted by Gasteiger charge is 2.16. The molecule has 4 heteroatoms. The molecule has 0 aliphatic carbocycles. The standard InChI is InChI=1S/C14H18FN3/c1-14(2,3)18-13(16-4)11-7-9(15)8-12-10(11)5-6-17-12/h5-8,17H,1-4H3,(H,16,18). The number of rotatable bonds is 1. The van der Waals surface area contributed by atoms with E-state index in [0.29, 0.717) is 5.84 Å². The van der Waals surface area contributed by atoms with E-state index in [4.69, 9.17) is 0 Å². The van der Waals surface area contributed by atoms with E-state index in [0.717, 1.165) is 16.5 Å². The van der Waals surface area contributed by atoms with Gasteiger partial charge in [-0.2, -0.15) is 0 Å². The van der Waals surface area contributed by atoms with Crippen molar-refractivity contribution in [3.63, 3.8) is 0 Å². The summed E-state index contributed by atoms with van der Waals surface area (Å²) in [5.41, 5.74) is 1.44. The van der Waals surface area contributed by atoms with Gasteiger partial charge in [0.15, 0.2) is 0 Å². The Balaban J connectivity index is 2.55. The first-order valence-corrected chi connectivity index (χ1v) is 5.93. The molecule has 2 aromatic rings. The molecule has 2 N–H and O–H groups in total. The van der Waals surface area contributed by atoms with E-state index >= 15 is 0 Å². The fourth-order valence-corrected chi connectivity index (χ4v) is 1.93. The molecule has 0 aliphatic heterocycles. The molecule has 1 aromatic carbocycles. The second-order valence-corrected chi connectivity index (χ2v) is 5.34. The van der Waals surface area contributed by atoms with E-state index in [1.54, 1.807) is 13.2 Å². The number of nitrogens with one attached hydrogen (secondary N) is 2. The molecule has 0 fully saturated rings. The van der Waals surface area contributed by atoms with Gasteiger partial charge in [0, 0.05) is 35.2 Å². The van der Waals surface area contributed by atoms with E-state index in [-0.39, 0.29) is 11.4 Å². The Labute approximate surface area is 106 Å². The molecule has 0 aliphatic rings. The molecule has 0 spiro atoms. The molecular weight excluding hydrogens is 229 g/mol. The van der Waals surface area contributed by atoms with Gasteiger partial charge in [0.05, 0.1) is 0 Å². The van der Waals surface area contributed by atoms with Crippen LogP contribution in [-0.2, 0) is 0 Å². The van der Waals surface area contributed by atoms with Crippen LogP contribution in [0.5, 0.6) is 0 Å². The Bertz CT molecular complexity index is 591. The number of hydrogen-bond donors (Lipinski definition) is 2. The van der Waals surface area contributed by atoms with Crippen molar-refractivity contribution in [2.75, 3.05) is 7.05 Å². The second kappa shape index (κ2) is 4.44. The third kappa shape index (κ3) is 2.53. The number of hydrogen-bond acceptors (Lipinski definition) is 1. The highest BCUT2D eigenvalue weighted by atomic mass is 19.1. The number of fused-ring (bicyclic) bond motifs is 1. The molecular formula is C14H18FN3. The van der Waals surface area contributed by atoms with Gasteiger partial charge in [-0.25, -0.2) is 4.39 Å². The lowest BCUT2D eigenvalue weighted by molar-refractivity contribution is 0.511. The molecule has 0 amide bonds. The number of H-pyrrole nitrogens is 1. The summed E-state index contributed by atoms with van der Waals surface area (Å²) in [5.74, 6) is 0.434. The molecule has 3 nitrogen and oxygen atoms in total. The summed E-state index contributed by atoms with van der Waals surface area (Å²) < 4.78 is 13.6. The van der Waals surface area contributed by atoms with Gasteiger partial charge in [0.2, 0.25) is 0 Å². The third-order valence-corrected chi connectivity index (χ3v) is 2.61. The number of aromatic nitrogens is 1. The number of nitrogens with zero attached hydrogens (tertiary/aromatic N) is 1. The van der Waals surface area contributed by atoms with Gasteiger partial charge in [0.25, 0.3) is 0 Å². The lowest BCUT2D eigenvalue weighted by Crippen LogP contribution is -2.41. The van der Waals surface area contributed by atoms with Crippen molar-refractivity contribution in [3.8, 4) is 0 Å². The van der Waals surface area contributed by atoms with Crippen LogP contribution >= 0.6 is 0 Å². The summed E-state index contributed by atoms with van der Waals surface area (Å²) in [6.45, 7) is 6.14. The fraction of sp³-hybridized carbons (Fsp3) is 0.357. The first kappa shape index (κ1) is 12.6. The van der Waals surface area contributed by atoms with Crippen molar-refractivity contribution >= 4 is 16.7 Å². The van der Waals surface area contributed by atoms with E-state index < -0.39 is 0 Å². The molecule has 1 heterocycles. The molecule has 0 atom stereocenters. The van der Waals surface area contributed by atoms with Crippen molar-refractivity contribution in [2.24, 2.45) is 4.99 Å². The molecule has 96 valence electrons. The molecule has 0 saturated heterocycles. The van der Waals surface area contributed by atoms with Gasteiger partial charge >= 0.3 is 0 Å². The molecule has 0 unspecified atom stereocenters. The Morgan fingerprint density at radius 3 is 2.67 bits per heavy atom. The van der Waals surface area contributed by atoms with E-state index in [1.807, 2.05) is 26.8 Å². The minimum absolute atomic E-state index is 0.121. The van der Waals surface area contributed by atoms with Crippen LogP contribution in [-0.4, -0.2) is 23.4 Å². The largest absolute Gasteiger partial charge is 0.365 e. The van der Waals surface area contributed by atoms with Crippen molar-refractivity contribution in [1.29, 1.82) is 0 Å². The lowest BCUT2D eigenvalue weighted by atomic mass is 10.0. The van der Waals surface area contributed by atoms with Gasteiger partial charge in [0.1, 0.15) is 11.7 Å². The fourth-order valence-electron chi connectivity index (χ4n) is 1.93. The van der Waals surface area contributed by atoms with Crippen LogP contribution in [0.4, 0.5) is 4.39 Å². The van der Waals surface area contributed by atoms with Crippen LogP contribution in [0.2, 0.25) is 0 Å². The lowest BCUT2D eigenvalue weighted by Gasteiger charge is -2.23. The maximum absolute atomic E-state index is 13.6. The first-order valence-electron chi connectivity index (χ1n) is 5.93. The summed E-state index contributed by atoms with van der Waals surface area (Å²) in [4.78, 5) is 7.26. The van der Waals surface area contributed by atoms with E-state index in [9.17, 15) is 4.39 Å². The molecule has 0 bridgehead atoms. The Kier molecular flexibility index (Phi) is 3.11. The van der Waals surface area contributed by atoms with Crippen LogP contribution in [0.3, 0.4) is 0 Å². The number of benzene rings is 1.